The van der Waals surface area contributed by atoms with E-state index in [-0.39, 0.29) is 0 Å². The molecule has 0 bridgehead atoms. The standard InChI is InChI=1S/C23H30N2O2/c1-3-24(14-22-16-26-22)20-9-5-18(6-10-20)13-19-7-11-21(12-8-19)25(4-2)15-23-17-27-23/h5-12,22-23H,3-4,13-17H2,1-2H3. The maximum atomic E-state index is 5.37. The first-order valence-electron chi connectivity index (χ1n) is 10.2. The molecule has 27 heavy (non-hydrogen) atoms. The monoisotopic (exact) mass is 366 g/mol. The molecule has 2 fully saturated rings. The van der Waals surface area contributed by atoms with Crippen molar-refractivity contribution in [3.63, 3.8) is 0 Å². The van der Waals surface area contributed by atoms with Crippen LogP contribution in [0.5, 0.6) is 0 Å². The van der Waals surface area contributed by atoms with Gasteiger partial charge in [0.05, 0.1) is 25.4 Å². The van der Waals surface area contributed by atoms with Gasteiger partial charge in [-0.1, -0.05) is 24.3 Å². The lowest BCUT2D eigenvalue weighted by atomic mass is 10.0. The predicted molar refractivity (Wildman–Crippen MR) is 111 cm³/mol. The average molecular weight is 367 g/mol. The summed E-state index contributed by atoms with van der Waals surface area (Å²) in [4.78, 5) is 4.78. The molecule has 2 atom stereocenters. The van der Waals surface area contributed by atoms with Crippen molar-refractivity contribution in [1.82, 2.24) is 0 Å². The fourth-order valence-electron chi connectivity index (χ4n) is 3.56. The van der Waals surface area contributed by atoms with Gasteiger partial charge in [-0.2, -0.15) is 0 Å². The van der Waals surface area contributed by atoms with E-state index in [9.17, 15) is 0 Å². The van der Waals surface area contributed by atoms with Gasteiger partial charge in [0.25, 0.3) is 0 Å². The van der Waals surface area contributed by atoms with Gasteiger partial charge in [-0.3, -0.25) is 0 Å². The summed E-state index contributed by atoms with van der Waals surface area (Å²) in [5, 5.41) is 0. The highest BCUT2D eigenvalue weighted by Crippen LogP contribution is 2.23. The first-order chi connectivity index (χ1) is 13.2. The molecular weight excluding hydrogens is 336 g/mol. The van der Waals surface area contributed by atoms with Gasteiger partial charge in [-0.25, -0.2) is 0 Å². The molecule has 0 N–H and O–H groups in total. The van der Waals surface area contributed by atoms with Crippen LogP contribution in [0.4, 0.5) is 11.4 Å². The van der Waals surface area contributed by atoms with Crippen LogP contribution in [0.25, 0.3) is 0 Å². The maximum Gasteiger partial charge on any atom is 0.0984 e. The third kappa shape index (κ3) is 5.02. The number of nitrogens with zero attached hydrogens (tertiary/aromatic N) is 2. The number of likely N-dealkylation sites (N-methyl/N-ethyl adjacent to an activating group) is 2. The molecule has 0 radical (unpaired) electrons. The van der Waals surface area contributed by atoms with Crippen LogP contribution in [0.2, 0.25) is 0 Å². The number of hydrogen-bond acceptors (Lipinski definition) is 4. The first-order valence-corrected chi connectivity index (χ1v) is 10.2. The van der Waals surface area contributed by atoms with Crippen molar-refractivity contribution in [2.45, 2.75) is 32.5 Å². The second kappa shape index (κ2) is 8.32. The van der Waals surface area contributed by atoms with E-state index in [1.165, 1.54) is 22.5 Å². The molecule has 4 rings (SSSR count). The first kappa shape index (κ1) is 18.3. The number of benzene rings is 2. The fourth-order valence-corrected chi connectivity index (χ4v) is 3.56. The largest absolute Gasteiger partial charge is 0.371 e. The second-order valence-electron chi connectivity index (χ2n) is 7.50. The van der Waals surface area contributed by atoms with Crippen molar-refractivity contribution in [2.75, 3.05) is 49.2 Å². The summed E-state index contributed by atoms with van der Waals surface area (Å²) < 4.78 is 10.7. The molecule has 2 unspecified atom stereocenters. The lowest BCUT2D eigenvalue weighted by Crippen LogP contribution is -2.27. The number of rotatable bonds is 10. The Morgan fingerprint density at radius 3 is 1.37 bits per heavy atom. The summed E-state index contributed by atoms with van der Waals surface area (Å²) in [6.07, 6.45) is 1.82. The van der Waals surface area contributed by atoms with Gasteiger partial charge in [-0.15, -0.1) is 0 Å². The van der Waals surface area contributed by atoms with Crippen LogP contribution in [0, 0.1) is 0 Å². The van der Waals surface area contributed by atoms with E-state index in [4.69, 9.17) is 9.47 Å². The van der Waals surface area contributed by atoms with Gasteiger partial charge in [0.1, 0.15) is 0 Å². The Kier molecular flexibility index (Phi) is 5.65. The van der Waals surface area contributed by atoms with Crippen LogP contribution >= 0.6 is 0 Å². The SMILES string of the molecule is CCN(CC1CO1)c1ccc(Cc2ccc(N(CC)CC3CO3)cc2)cc1. The summed E-state index contributed by atoms with van der Waals surface area (Å²) in [6.45, 7) is 10.2. The molecule has 0 aromatic heterocycles. The molecule has 0 amide bonds. The van der Waals surface area contributed by atoms with Crippen molar-refractivity contribution in [1.29, 1.82) is 0 Å². The molecule has 2 saturated heterocycles. The second-order valence-corrected chi connectivity index (χ2v) is 7.50. The Bertz CT molecular complexity index is 658. The fraction of sp³-hybridized carbons (Fsp3) is 0.478. The zero-order valence-electron chi connectivity index (χ0n) is 16.4. The molecule has 2 aliphatic rings. The Hall–Kier alpha value is -2.04. The normalized spacial score (nSPS) is 20.4. The Morgan fingerprint density at radius 1 is 0.704 bits per heavy atom. The number of hydrogen-bond donors (Lipinski definition) is 0. The molecule has 0 aliphatic carbocycles. The smallest absolute Gasteiger partial charge is 0.0984 e. The van der Waals surface area contributed by atoms with Crippen molar-refractivity contribution in [3.8, 4) is 0 Å². The topological polar surface area (TPSA) is 31.5 Å². The van der Waals surface area contributed by atoms with Gasteiger partial charge < -0.3 is 19.3 Å². The lowest BCUT2D eigenvalue weighted by Gasteiger charge is -2.23. The minimum Gasteiger partial charge on any atom is -0.371 e. The van der Waals surface area contributed by atoms with E-state index in [0.29, 0.717) is 12.2 Å². The zero-order valence-corrected chi connectivity index (χ0v) is 16.4. The van der Waals surface area contributed by atoms with E-state index in [2.05, 4.69) is 72.2 Å². The summed E-state index contributed by atoms with van der Waals surface area (Å²) in [5.41, 5.74) is 5.27. The van der Waals surface area contributed by atoms with E-state index >= 15 is 0 Å². The minimum absolute atomic E-state index is 0.428. The Morgan fingerprint density at radius 2 is 1.07 bits per heavy atom. The maximum absolute atomic E-state index is 5.37. The summed E-state index contributed by atoms with van der Waals surface area (Å²) in [6, 6.07) is 18.0. The van der Waals surface area contributed by atoms with Gasteiger partial charge >= 0.3 is 0 Å². The van der Waals surface area contributed by atoms with Gasteiger partial charge in [-0.05, 0) is 55.7 Å². The summed E-state index contributed by atoms with van der Waals surface area (Å²) >= 11 is 0. The van der Waals surface area contributed by atoms with Crippen molar-refractivity contribution in [2.24, 2.45) is 0 Å². The van der Waals surface area contributed by atoms with Gasteiger partial charge in [0.15, 0.2) is 0 Å². The molecule has 144 valence electrons. The quantitative estimate of drug-likeness (QED) is 0.600. The minimum atomic E-state index is 0.428. The van der Waals surface area contributed by atoms with Crippen molar-refractivity contribution in [3.05, 3.63) is 59.7 Å². The third-order valence-electron chi connectivity index (χ3n) is 5.43. The van der Waals surface area contributed by atoms with Crippen LogP contribution in [-0.2, 0) is 15.9 Å². The molecule has 2 aliphatic heterocycles. The average Bonchev–Trinajstić information content (AvgIpc) is 3.62. The van der Waals surface area contributed by atoms with Crippen LogP contribution < -0.4 is 9.80 Å². The van der Waals surface area contributed by atoms with Crippen molar-refractivity contribution >= 4 is 11.4 Å². The van der Waals surface area contributed by atoms with Crippen LogP contribution in [-0.4, -0.2) is 51.6 Å². The van der Waals surface area contributed by atoms with Crippen LogP contribution in [0.15, 0.2) is 48.5 Å². The van der Waals surface area contributed by atoms with Crippen molar-refractivity contribution < 1.29 is 9.47 Å². The number of ether oxygens (including phenoxy) is 2. The molecule has 0 saturated carbocycles. The molecule has 4 nitrogen and oxygen atoms in total. The summed E-state index contributed by atoms with van der Waals surface area (Å²) in [5.74, 6) is 0. The molecule has 4 heteroatoms. The summed E-state index contributed by atoms with van der Waals surface area (Å²) in [7, 11) is 0. The Balaban J connectivity index is 1.36. The lowest BCUT2D eigenvalue weighted by molar-refractivity contribution is 0.408. The van der Waals surface area contributed by atoms with Gasteiger partial charge in [0, 0.05) is 37.6 Å². The molecule has 2 heterocycles. The molecule has 2 aromatic carbocycles. The van der Waals surface area contributed by atoms with E-state index in [1.54, 1.807) is 0 Å². The predicted octanol–water partition coefficient (Wildman–Crippen LogP) is 3.73. The molecule has 0 spiro atoms. The van der Waals surface area contributed by atoms with E-state index in [0.717, 1.165) is 45.8 Å². The Labute approximate surface area is 162 Å². The number of anilines is 2. The third-order valence-corrected chi connectivity index (χ3v) is 5.43. The van der Waals surface area contributed by atoms with Crippen LogP contribution in [0.1, 0.15) is 25.0 Å². The highest BCUT2D eigenvalue weighted by molar-refractivity contribution is 5.50. The van der Waals surface area contributed by atoms with Gasteiger partial charge in [0.2, 0.25) is 0 Å². The highest BCUT2D eigenvalue weighted by Gasteiger charge is 2.25. The van der Waals surface area contributed by atoms with E-state index in [1.807, 2.05) is 0 Å². The zero-order chi connectivity index (χ0) is 18.6. The van der Waals surface area contributed by atoms with Crippen LogP contribution in [0.3, 0.4) is 0 Å². The highest BCUT2D eigenvalue weighted by atomic mass is 16.6. The number of epoxide rings is 2. The molecular formula is C23H30N2O2. The molecule has 2 aromatic rings. The van der Waals surface area contributed by atoms with E-state index < -0.39 is 0 Å².